The van der Waals surface area contributed by atoms with Gasteiger partial charge in [-0.2, -0.15) is 0 Å². The van der Waals surface area contributed by atoms with Crippen LogP contribution < -0.4 is 15.5 Å². The lowest BCUT2D eigenvalue weighted by atomic mass is 10.3. The number of hydrogen-bond acceptors (Lipinski definition) is 6. The molecule has 0 spiro atoms. The van der Waals surface area contributed by atoms with Crippen LogP contribution in [-0.4, -0.2) is 86.4 Å². The third-order valence-electron chi connectivity index (χ3n) is 4.19. The van der Waals surface area contributed by atoms with Gasteiger partial charge in [-0.25, -0.2) is 9.97 Å². The van der Waals surface area contributed by atoms with Gasteiger partial charge in [0, 0.05) is 78.0 Å². The Hall–Kier alpha value is -1.93. The lowest BCUT2D eigenvalue weighted by Gasteiger charge is -2.34. The number of rotatable bonds is 10. The van der Waals surface area contributed by atoms with Crippen LogP contribution in [0.5, 0.6) is 0 Å². The van der Waals surface area contributed by atoms with Crippen LogP contribution >= 0.6 is 0 Å². The van der Waals surface area contributed by atoms with Crippen molar-refractivity contribution < 1.29 is 4.74 Å². The van der Waals surface area contributed by atoms with E-state index in [-0.39, 0.29) is 0 Å². The molecule has 146 valence electrons. The maximum atomic E-state index is 5.35. The second kappa shape index (κ2) is 12.4. The van der Waals surface area contributed by atoms with Gasteiger partial charge in [0.2, 0.25) is 5.95 Å². The Morgan fingerprint density at radius 1 is 1.15 bits per heavy atom. The van der Waals surface area contributed by atoms with Crippen LogP contribution in [-0.2, 0) is 4.74 Å². The Bertz CT molecular complexity index is 504. The molecule has 0 atom stereocenters. The number of guanidine groups is 1. The average molecular weight is 364 g/mol. The summed E-state index contributed by atoms with van der Waals surface area (Å²) in [6.45, 7) is 13.2. The molecule has 0 saturated carbocycles. The van der Waals surface area contributed by atoms with Crippen molar-refractivity contribution in [1.82, 2.24) is 25.5 Å². The van der Waals surface area contributed by atoms with Gasteiger partial charge in [0.25, 0.3) is 0 Å². The fourth-order valence-electron chi connectivity index (χ4n) is 2.80. The Balaban J connectivity index is 1.64. The largest absolute Gasteiger partial charge is 0.382 e. The van der Waals surface area contributed by atoms with Crippen molar-refractivity contribution in [3.63, 3.8) is 0 Å². The van der Waals surface area contributed by atoms with Crippen LogP contribution in [0, 0.1) is 0 Å². The number of aromatic nitrogens is 2. The van der Waals surface area contributed by atoms with E-state index in [2.05, 4.69) is 42.3 Å². The first-order chi connectivity index (χ1) is 12.8. The van der Waals surface area contributed by atoms with Crippen molar-refractivity contribution >= 4 is 11.9 Å². The molecule has 8 heteroatoms. The monoisotopic (exact) mass is 363 g/mol. The Morgan fingerprint density at radius 3 is 2.62 bits per heavy atom. The van der Waals surface area contributed by atoms with Gasteiger partial charge in [0.05, 0.1) is 0 Å². The topological polar surface area (TPSA) is 77.9 Å². The molecule has 0 aliphatic carbocycles. The zero-order valence-corrected chi connectivity index (χ0v) is 16.2. The third kappa shape index (κ3) is 7.53. The molecule has 1 aromatic heterocycles. The highest BCUT2D eigenvalue weighted by molar-refractivity contribution is 5.79. The van der Waals surface area contributed by atoms with Crippen molar-refractivity contribution in [2.75, 3.05) is 70.5 Å². The third-order valence-corrected chi connectivity index (χ3v) is 4.19. The zero-order chi connectivity index (χ0) is 18.5. The molecule has 2 N–H and O–H groups in total. The number of hydrogen-bond donors (Lipinski definition) is 2. The van der Waals surface area contributed by atoms with Gasteiger partial charge in [0.15, 0.2) is 5.96 Å². The number of ether oxygens (including phenoxy) is 1. The van der Waals surface area contributed by atoms with E-state index in [1.165, 1.54) is 0 Å². The summed E-state index contributed by atoms with van der Waals surface area (Å²) in [4.78, 5) is 18.0. The highest BCUT2D eigenvalue weighted by atomic mass is 16.5. The SMILES string of the molecule is CCNC(=NCCCOCC)NCCN1CCN(c2ncccn2)CC1. The van der Waals surface area contributed by atoms with Gasteiger partial charge in [-0.1, -0.05) is 0 Å². The van der Waals surface area contributed by atoms with E-state index in [4.69, 9.17) is 4.74 Å². The van der Waals surface area contributed by atoms with Gasteiger partial charge < -0.3 is 20.3 Å². The number of anilines is 1. The van der Waals surface area contributed by atoms with E-state index in [9.17, 15) is 0 Å². The van der Waals surface area contributed by atoms with Crippen LogP contribution in [0.4, 0.5) is 5.95 Å². The second-order valence-corrected chi connectivity index (χ2v) is 6.12. The Morgan fingerprint density at radius 2 is 1.92 bits per heavy atom. The zero-order valence-electron chi connectivity index (χ0n) is 16.2. The minimum Gasteiger partial charge on any atom is -0.382 e. The summed E-state index contributed by atoms with van der Waals surface area (Å²) in [5, 5.41) is 6.71. The highest BCUT2D eigenvalue weighted by Crippen LogP contribution is 2.08. The smallest absolute Gasteiger partial charge is 0.225 e. The van der Waals surface area contributed by atoms with Crippen LogP contribution in [0.2, 0.25) is 0 Å². The van der Waals surface area contributed by atoms with Gasteiger partial charge in [-0.3, -0.25) is 9.89 Å². The summed E-state index contributed by atoms with van der Waals surface area (Å²) in [5.74, 6) is 1.72. The lowest BCUT2D eigenvalue weighted by Crippen LogP contribution is -2.49. The molecular weight excluding hydrogens is 330 g/mol. The summed E-state index contributed by atoms with van der Waals surface area (Å²) < 4.78 is 5.35. The lowest BCUT2D eigenvalue weighted by molar-refractivity contribution is 0.146. The minimum absolute atomic E-state index is 0.770. The standard InChI is InChI=1S/C18H33N7O/c1-3-19-17(20-9-6-16-26-4-2)21-10-11-24-12-14-25(15-13-24)18-22-7-5-8-23-18/h5,7-8H,3-4,6,9-16H2,1-2H3,(H2,19,20,21). The van der Waals surface area contributed by atoms with Gasteiger partial charge in [-0.05, 0) is 26.3 Å². The molecule has 0 bridgehead atoms. The van der Waals surface area contributed by atoms with E-state index in [1.807, 2.05) is 13.0 Å². The van der Waals surface area contributed by atoms with Gasteiger partial charge in [-0.15, -0.1) is 0 Å². The normalized spacial score (nSPS) is 15.9. The number of nitrogens with one attached hydrogen (secondary N) is 2. The van der Waals surface area contributed by atoms with Crippen molar-refractivity contribution in [1.29, 1.82) is 0 Å². The van der Waals surface area contributed by atoms with E-state index < -0.39 is 0 Å². The first-order valence-electron chi connectivity index (χ1n) is 9.67. The maximum Gasteiger partial charge on any atom is 0.225 e. The van der Waals surface area contributed by atoms with Crippen molar-refractivity contribution in [3.05, 3.63) is 18.5 Å². The highest BCUT2D eigenvalue weighted by Gasteiger charge is 2.18. The molecule has 0 aromatic carbocycles. The fraction of sp³-hybridized carbons (Fsp3) is 0.722. The minimum atomic E-state index is 0.770. The van der Waals surface area contributed by atoms with Crippen LogP contribution in [0.25, 0.3) is 0 Å². The molecular formula is C18H33N7O. The summed E-state index contributed by atoms with van der Waals surface area (Å²) >= 11 is 0. The molecule has 2 heterocycles. The van der Waals surface area contributed by atoms with E-state index in [1.54, 1.807) is 12.4 Å². The number of piperazine rings is 1. The predicted octanol–water partition coefficient (Wildman–Crippen LogP) is 0.580. The van der Waals surface area contributed by atoms with Gasteiger partial charge in [0.1, 0.15) is 0 Å². The fourth-order valence-corrected chi connectivity index (χ4v) is 2.80. The molecule has 0 unspecified atom stereocenters. The Kier molecular flexibility index (Phi) is 9.74. The van der Waals surface area contributed by atoms with E-state index in [0.29, 0.717) is 0 Å². The summed E-state index contributed by atoms with van der Waals surface area (Å²) in [6, 6.07) is 1.85. The van der Waals surface area contributed by atoms with Crippen LogP contribution in [0.3, 0.4) is 0 Å². The quantitative estimate of drug-likeness (QED) is 0.358. The molecule has 1 fully saturated rings. The van der Waals surface area contributed by atoms with E-state index >= 15 is 0 Å². The predicted molar refractivity (Wildman–Crippen MR) is 106 cm³/mol. The molecule has 1 aliphatic rings. The second-order valence-electron chi connectivity index (χ2n) is 6.12. The Labute approximate surface area is 157 Å². The first-order valence-corrected chi connectivity index (χ1v) is 9.67. The summed E-state index contributed by atoms with van der Waals surface area (Å²) in [7, 11) is 0. The molecule has 0 radical (unpaired) electrons. The molecule has 1 saturated heterocycles. The van der Waals surface area contributed by atoms with Crippen LogP contribution in [0.15, 0.2) is 23.5 Å². The molecule has 26 heavy (non-hydrogen) atoms. The number of nitrogens with zero attached hydrogens (tertiary/aromatic N) is 5. The van der Waals surface area contributed by atoms with Crippen LogP contribution in [0.1, 0.15) is 20.3 Å². The van der Waals surface area contributed by atoms with E-state index in [0.717, 1.165) is 83.9 Å². The molecule has 2 rings (SSSR count). The number of aliphatic imine (C=N–C) groups is 1. The van der Waals surface area contributed by atoms with Crippen molar-refractivity contribution in [2.24, 2.45) is 4.99 Å². The van der Waals surface area contributed by atoms with Gasteiger partial charge >= 0.3 is 0 Å². The first kappa shape index (κ1) is 20.4. The average Bonchev–Trinajstić information content (AvgIpc) is 2.69. The maximum absolute atomic E-state index is 5.35. The molecule has 1 aromatic rings. The molecule has 0 amide bonds. The summed E-state index contributed by atoms with van der Waals surface area (Å²) in [5.41, 5.74) is 0. The van der Waals surface area contributed by atoms with Crippen molar-refractivity contribution in [2.45, 2.75) is 20.3 Å². The van der Waals surface area contributed by atoms with Crippen molar-refractivity contribution in [3.8, 4) is 0 Å². The molecule has 1 aliphatic heterocycles. The summed E-state index contributed by atoms with van der Waals surface area (Å²) in [6.07, 6.45) is 4.55. The molecule has 8 nitrogen and oxygen atoms in total.